The van der Waals surface area contributed by atoms with E-state index in [9.17, 15) is 4.79 Å². The quantitative estimate of drug-likeness (QED) is 0.911. The SMILES string of the molecule is CC(C)CNC(=O)[C@@H]1CCCC[C@H]1c1nc2ccccc2s1. The molecular weight excluding hydrogens is 292 g/mol. The van der Waals surface area contributed by atoms with Crippen LogP contribution in [0, 0.1) is 11.8 Å². The van der Waals surface area contributed by atoms with Gasteiger partial charge in [0.25, 0.3) is 0 Å². The Morgan fingerprint density at radius 2 is 2.09 bits per heavy atom. The fourth-order valence-corrected chi connectivity index (χ4v) is 4.39. The summed E-state index contributed by atoms with van der Waals surface area (Å²) in [6, 6.07) is 8.26. The highest BCUT2D eigenvalue weighted by molar-refractivity contribution is 7.18. The van der Waals surface area contributed by atoms with Crippen LogP contribution in [0.2, 0.25) is 0 Å². The molecule has 0 saturated heterocycles. The first-order valence-corrected chi connectivity index (χ1v) is 9.10. The molecule has 4 heteroatoms. The molecule has 0 spiro atoms. The van der Waals surface area contributed by atoms with Crippen LogP contribution in [0.1, 0.15) is 50.5 Å². The van der Waals surface area contributed by atoms with Gasteiger partial charge < -0.3 is 5.32 Å². The lowest BCUT2D eigenvalue weighted by Gasteiger charge is -2.29. The summed E-state index contributed by atoms with van der Waals surface area (Å²) in [6.45, 7) is 5.03. The first kappa shape index (κ1) is 15.5. The number of benzene rings is 1. The van der Waals surface area contributed by atoms with Gasteiger partial charge in [-0.25, -0.2) is 4.98 Å². The first-order chi connectivity index (χ1) is 10.6. The summed E-state index contributed by atoms with van der Waals surface area (Å²) in [7, 11) is 0. The molecule has 1 aromatic carbocycles. The van der Waals surface area contributed by atoms with Crippen molar-refractivity contribution >= 4 is 27.5 Å². The third-order valence-corrected chi connectivity index (χ3v) is 5.58. The van der Waals surface area contributed by atoms with E-state index >= 15 is 0 Å². The van der Waals surface area contributed by atoms with Crippen LogP contribution < -0.4 is 5.32 Å². The van der Waals surface area contributed by atoms with Crippen molar-refractivity contribution in [2.45, 2.75) is 45.4 Å². The monoisotopic (exact) mass is 316 g/mol. The molecule has 0 bridgehead atoms. The second kappa shape index (κ2) is 6.78. The van der Waals surface area contributed by atoms with Crippen LogP contribution >= 0.6 is 11.3 Å². The van der Waals surface area contributed by atoms with Crippen LogP contribution in [0.5, 0.6) is 0 Å². The summed E-state index contributed by atoms with van der Waals surface area (Å²) < 4.78 is 1.23. The van der Waals surface area contributed by atoms with Gasteiger partial charge in [-0.3, -0.25) is 4.79 Å². The van der Waals surface area contributed by atoms with Gasteiger partial charge in [0.1, 0.15) is 0 Å². The number of thiazole rings is 1. The number of rotatable bonds is 4. The maximum absolute atomic E-state index is 12.6. The Morgan fingerprint density at radius 1 is 1.32 bits per heavy atom. The predicted molar refractivity (Wildman–Crippen MR) is 92.2 cm³/mol. The summed E-state index contributed by atoms with van der Waals surface area (Å²) in [4.78, 5) is 17.4. The molecule has 22 heavy (non-hydrogen) atoms. The third-order valence-electron chi connectivity index (χ3n) is 4.41. The molecule has 0 aliphatic heterocycles. The van der Waals surface area contributed by atoms with Crippen molar-refractivity contribution in [1.82, 2.24) is 10.3 Å². The Hall–Kier alpha value is -1.42. The zero-order valence-corrected chi connectivity index (χ0v) is 14.2. The number of nitrogens with one attached hydrogen (secondary N) is 1. The van der Waals surface area contributed by atoms with E-state index in [1.54, 1.807) is 11.3 Å². The summed E-state index contributed by atoms with van der Waals surface area (Å²) in [5.41, 5.74) is 1.06. The van der Waals surface area contributed by atoms with Crippen molar-refractivity contribution < 1.29 is 4.79 Å². The molecule has 1 fully saturated rings. The highest BCUT2D eigenvalue weighted by Crippen LogP contribution is 2.40. The van der Waals surface area contributed by atoms with Crippen LogP contribution in [-0.2, 0) is 4.79 Å². The van der Waals surface area contributed by atoms with Crippen molar-refractivity contribution in [1.29, 1.82) is 0 Å². The summed E-state index contributed by atoms with van der Waals surface area (Å²) in [5.74, 6) is 1.09. The highest BCUT2D eigenvalue weighted by atomic mass is 32.1. The van der Waals surface area contributed by atoms with Gasteiger partial charge in [-0.1, -0.05) is 38.8 Å². The van der Waals surface area contributed by atoms with E-state index in [2.05, 4.69) is 37.4 Å². The Morgan fingerprint density at radius 3 is 2.86 bits per heavy atom. The molecule has 0 unspecified atom stereocenters. The summed E-state index contributed by atoms with van der Waals surface area (Å²) in [5, 5.41) is 4.27. The molecule has 118 valence electrons. The van der Waals surface area contributed by atoms with Gasteiger partial charge in [0.2, 0.25) is 5.91 Å². The lowest BCUT2D eigenvalue weighted by Crippen LogP contribution is -2.37. The number of fused-ring (bicyclic) bond motifs is 1. The lowest BCUT2D eigenvalue weighted by molar-refractivity contribution is -0.126. The second-order valence-electron chi connectivity index (χ2n) is 6.66. The standard InChI is InChI=1S/C18H24N2OS/c1-12(2)11-19-17(21)13-7-3-4-8-14(13)18-20-15-9-5-6-10-16(15)22-18/h5-6,9-10,12-14H,3-4,7-8,11H2,1-2H3,(H,19,21)/t13-,14-/m1/s1. The smallest absolute Gasteiger partial charge is 0.223 e. The molecule has 3 rings (SSSR count). The van der Waals surface area contributed by atoms with Crippen LogP contribution in [0.3, 0.4) is 0 Å². The van der Waals surface area contributed by atoms with Crippen molar-refractivity contribution in [3.05, 3.63) is 29.3 Å². The number of carbonyl (C=O) groups is 1. The lowest BCUT2D eigenvalue weighted by atomic mass is 9.79. The van der Waals surface area contributed by atoms with Crippen molar-refractivity contribution in [2.75, 3.05) is 6.54 Å². The number of hydrogen-bond acceptors (Lipinski definition) is 3. The zero-order chi connectivity index (χ0) is 15.5. The molecule has 1 saturated carbocycles. The van der Waals surface area contributed by atoms with Gasteiger partial charge >= 0.3 is 0 Å². The van der Waals surface area contributed by atoms with Gasteiger partial charge in [0.05, 0.1) is 15.2 Å². The minimum atomic E-state index is 0.0908. The molecule has 0 radical (unpaired) electrons. The number of aromatic nitrogens is 1. The number of carbonyl (C=O) groups excluding carboxylic acids is 1. The molecule has 2 atom stereocenters. The van der Waals surface area contributed by atoms with E-state index < -0.39 is 0 Å². The minimum absolute atomic E-state index is 0.0908. The second-order valence-corrected chi connectivity index (χ2v) is 7.72. The van der Waals surface area contributed by atoms with Gasteiger partial charge in [-0.2, -0.15) is 0 Å². The highest BCUT2D eigenvalue weighted by Gasteiger charge is 2.33. The van der Waals surface area contributed by atoms with Crippen LogP contribution in [0.4, 0.5) is 0 Å². The Kier molecular flexibility index (Phi) is 4.77. The predicted octanol–water partition coefficient (Wildman–Crippen LogP) is 4.34. The first-order valence-electron chi connectivity index (χ1n) is 8.28. The molecule has 3 nitrogen and oxygen atoms in total. The summed E-state index contributed by atoms with van der Waals surface area (Å²) >= 11 is 1.76. The van der Waals surface area contributed by atoms with E-state index in [1.807, 2.05) is 6.07 Å². The molecule has 1 heterocycles. The molecule has 2 aromatic rings. The molecule has 1 aliphatic carbocycles. The maximum Gasteiger partial charge on any atom is 0.223 e. The Labute approximate surface area is 136 Å². The molecule has 1 N–H and O–H groups in total. The van der Waals surface area contributed by atoms with Gasteiger partial charge in [-0.05, 0) is 30.9 Å². The number of para-hydroxylation sites is 1. The van der Waals surface area contributed by atoms with Gasteiger partial charge in [0, 0.05) is 18.4 Å². The molecule has 1 aliphatic rings. The number of nitrogens with zero attached hydrogens (tertiary/aromatic N) is 1. The average molecular weight is 316 g/mol. The maximum atomic E-state index is 12.6. The van der Waals surface area contributed by atoms with E-state index in [0.29, 0.717) is 11.8 Å². The molecule has 1 aromatic heterocycles. The fraction of sp³-hybridized carbons (Fsp3) is 0.556. The van der Waals surface area contributed by atoms with Crippen LogP contribution in [-0.4, -0.2) is 17.4 Å². The van der Waals surface area contributed by atoms with Crippen LogP contribution in [0.15, 0.2) is 24.3 Å². The Bertz CT molecular complexity index is 616. The van der Waals surface area contributed by atoms with Crippen LogP contribution in [0.25, 0.3) is 10.2 Å². The zero-order valence-electron chi connectivity index (χ0n) is 13.3. The molecular formula is C18H24N2OS. The topological polar surface area (TPSA) is 42.0 Å². The van der Waals surface area contributed by atoms with Crippen molar-refractivity contribution in [3.63, 3.8) is 0 Å². The van der Waals surface area contributed by atoms with Crippen molar-refractivity contribution in [2.24, 2.45) is 11.8 Å². The van der Waals surface area contributed by atoms with Gasteiger partial charge in [-0.15, -0.1) is 11.3 Å². The normalized spacial score (nSPS) is 22.1. The van der Waals surface area contributed by atoms with E-state index in [4.69, 9.17) is 4.98 Å². The Balaban J connectivity index is 1.81. The van der Waals surface area contributed by atoms with Crippen molar-refractivity contribution in [3.8, 4) is 0 Å². The third kappa shape index (κ3) is 3.32. The fourth-order valence-electron chi connectivity index (χ4n) is 3.22. The number of amides is 1. The van der Waals surface area contributed by atoms with Gasteiger partial charge in [0.15, 0.2) is 0 Å². The largest absolute Gasteiger partial charge is 0.356 e. The van der Waals surface area contributed by atoms with E-state index in [1.165, 1.54) is 11.1 Å². The summed E-state index contributed by atoms with van der Waals surface area (Å²) in [6.07, 6.45) is 4.43. The molecule has 1 amide bonds. The number of hydrogen-bond donors (Lipinski definition) is 1. The van der Waals surface area contributed by atoms with E-state index in [0.717, 1.165) is 36.3 Å². The minimum Gasteiger partial charge on any atom is -0.356 e. The average Bonchev–Trinajstić information content (AvgIpc) is 2.96. The van der Waals surface area contributed by atoms with E-state index in [-0.39, 0.29) is 11.8 Å².